The molecule has 2 amide bonds. The first-order valence-corrected chi connectivity index (χ1v) is 19.0. The molecule has 3 aliphatic rings. The van der Waals surface area contributed by atoms with Gasteiger partial charge in [0.05, 0.1) is 43.1 Å². The van der Waals surface area contributed by atoms with E-state index in [1.165, 1.54) is 6.33 Å². The number of nitrogens with one attached hydrogen (secondary N) is 2. The number of carbonyl (C=O) groups is 2. The molecule has 7 rings (SSSR count). The highest BCUT2D eigenvalue weighted by Gasteiger charge is 2.51. The number of likely N-dealkylation sites (N-methyl/N-ethyl adjacent to an activating group) is 1. The van der Waals surface area contributed by atoms with Gasteiger partial charge in [-0.25, -0.2) is 29.4 Å². The van der Waals surface area contributed by atoms with Crippen molar-refractivity contribution in [1.29, 1.82) is 0 Å². The summed E-state index contributed by atoms with van der Waals surface area (Å²) in [5.41, 5.74) is -0.178. The van der Waals surface area contributed by atoms with Gasteiger partial charge in [-0.1, -0.05) is 0 Å². The van der Waals surface area contributed by atoms with Crippen LogP contribution >= 0.6 is 11.6 Å². The predicted octanol–water partition coefficient (Wildman–Crippen LogP) is 1.77. The number of imide groups is 1. The van der Waals surface area contributed by atoms with Crippen LogP contribution in [0.1, 0.15) is 72.9 Å². The van der Waals surface area contributed by atoms with Crippen LogP contribution < -0.4 is 15.5 Å². The average Bonchev–Trinajstić information content (AvgIpc) is 3.93. The van der Waals surface area contributed by atoms with Gasteiger partial charge in [0.15, 0.2) is 22.6 Å². The zero-order valence-corrected chi connectivity index (χ0v) is 33.0. The van der Waals surface area contributed by atoms with Crippen LogP contribution in [0.25, 0.3) is 22.3 Å². The highest BCUT2D eigenvalue weighted by molar-refractivity contribution is 6.28. The molecule has 56 heavy (non-hydrogen) atoms. The molecule has 0 spiro atoms. The number of amides is 2. The molecule has 0 aromatic carbocycles. The second-order valence-electron chi connectivity index (χ2n) is 16.6. The summed E-state index contributed by atoms with van der Waals surface area (Å²) < 4.78 is 14.4. The molecule has 304 valence electrons. The Morgan fingerprint density at radius 2 is 1.46 bits per heavy atom. The summed E-state index contributed by atoms with van der Waals surface area (Å²) in [6.07, 6.45) is -1.15. The number of carbonyl (C=O) groups excluding carboxylic acids is 2. The van der Waals surface area contributed by atoms with Crippen molar-refractivity contribution in [1.82, 2.24) is 49.3 Å². The number of rotatable bonds is 7. The summed E-state index contributed by atoms with van der Waals surface area (Å²) in [4.78, 5) is 56.7. The monoisotopic (exact) mass is 800 g/mol. The summed E-state index contributed by atoms with van der Waals surface area (Å²) in [6, 6.07) is -2.91. The van der Waals surface area contributed by atoms with Crippen LogP contribution in [-0.4, -0.2) is 150 Å². The second kappa shape index (κ2) is 14.8. The maximum absolute atomic E-state index is 13.4. The van der Waals surface area contributed by atoms with Gasteiger partial charge in [0.2, 0.25) is 11.2 Å². The summed E-state index contributed by atoms with van der Waals surface area (Å²) in [7, 11) is 1.75. The fourth-order valence-electron chi connectivity index (χ4n) is 7.76. The molecule has 0 radical (unpaired) electrons. The number of anilines is 2. The SMILES string of the molecule is CN[C@H]1C[C@@H](n2cnc3cnc(N4CC[C@H](Nc5nc(Cl)nc6c5ncn6[C@@H]5C[C@H](N(C(=O)OC(C)(C)C)C(=O)OC(C)(C)C)[C@H](O)[C@@H]5O)C4)nc32)[C@@H](O)[C@H]1O. The lowest BCUT2D eigenvalue weighted by atomic mass is 10.1. The van der Waals surface area contributed by atoms with Gasteiger partial charge in [-0.15, -0.1) is 0 Å². The van der Waals surface area contributed by atoms with E-state index in [2.05, 4.69) is 35.6 Å². The molecule has 2 aliphatic carbocycles. The predicted molar refractivity (Wildman–Crippen MR) is 202 cm³/mol. The zero-order chi connectivity index (χ0) is 40.4. The van der Waals surface area contributed by atoms with Gasteiger partial charge >= 0.3 is 12.2 Å². The van der Waals surface area contributed by atoms with Crippen molar-refractivity contribution in [3.8, 4) is 0 Å². The maximum atomic E-state index is 13.4. The molecular formula is C35H49ClN12O8. The molecule has 0 unspecified atom stereocenters. The summed E-state index contributed by atoms with van der Waals surface area (Å²) >= 11 is 6.45. The fourth-order valence-corrected chi connectivity index (χ4v) is 7.92. The second-order valence-corrected chi connectivity index (χ2v) is 17.0. The van der Waals surface area contributed by atoms with Crippen molar-refractivity contribution in [2.24, 2.45) is 0 Å². The Kier molecular flexibility index (Phi) is 10.5. The number of hydrogen-bond acceptors (Lipinski definition) is 17. The summed E-state index contributed by atoms with van der Waals surface area (Å²) in [5.74, 6) is 0.827. The van der Waals surface area contributed by atoms with Crippen LogP contribution in [0.5, 0.6) is 0 Å². The Balaban J connectivity index is 1.10. The van der Waals surface area contributed by atoms with Crippen molar-refractivity contribution < 1.29 is 39.5 Å². The Hall–Kier alpha value is -4.47. The molecule has 1 aliphatic heterocycles. The molecular weight excluding hydrogens is 752 g/mol. The van der Waals surface area contributed by atoms with Crippen molar-refractivity contribution in [2.45, 2.75) is 127 Å². The molecule has 20 nitrogen and oxygen atoms in total. The molecule has 1 saturated heterocycles. The normalized spacial score (nSPS) is 28.4. The van der Waals surface area contributed by atoms with Crippen LogP contribution in [0.15, 0.2) is 18.9 Å². The van der Waals surface area contributed by atoms with Gasteiger partial charge in [-0.3, -0.25) is 0 Å². The lowest BCUT2D eigenvalue weighted by molar-refractivity contribution is -0.0349. The number of nitrogens with zero attached hydrogens (tertiary/aromatic N) is 10. The van der Waals surface area contributed by atoms with E-state index in [9.17, 15) is 30.0 Å². The number of hydrogen-bond donors (Lipinski definition) is 6. The van der Waals surface area contributed by atoms with E-state index in [0.29, 0.717) is 54.4 Å². The van der Waals surface area contributed by atoms with Crippen LogP contribution in [-0.2, 0) is 9.47 Å². The highest BCUT2D eigenvalue weighted by Crippen LogP contribution is 2.38. The molecule has 5 heterocycles. The third-order valence-electron chi connectivity index (χ3n) is 10.4. The van der Waals surface area contributed by atoms with Gasteiger partial charge in [0, 0.05) is 25.2 Å². The van der Waals surface area contributed by atoms with E-state index in [-0.39, 0.29) is 29.4 Å². The fraction of sp³-hybridized carbons (Fsp3) is 0.657. The smallest absolute Gasteiger partial charge is 0.420 e. The van der Waals surface area contributed by atoms with Gasteiger partial charge in [-0.05, 0) is 79.5 Å². The minimum atomic E-state index is -1.56. The van der Waals surface area contributed by atoms with Gasteiger partial charge in [0.25, 0.3) is 0 Å². The van der Waals surface area contributed by atoms with E-state index < -0.39 is 65.9 Å². The molecule has 9 atom stereocenters. The third kappa shape index (κ3) is 7.64. The van der Waals surface area contributed by atoms with Crippen molar-refractivity contribution in [3.05, 3.63) is 24.1 Å². The van der Waals surface area contributed by atoms with Gasteiger partial charge in [0.1, 0.15) is 35.0 Å². The van der Waals surface area contributed by atoms with Crippen molar-refractivity contribution in [2.75, 3.05) is 30.4 Å². The number of imidazole rings is 2. The largest absolute Gasteiger partial charge is 0.443 e. The van der Waals surface area contributed by atoms with Crippen LogP contribution in [0.3, 0.4) is 0 Å². The van der Waals surface area contributed by atoms with Crippen molar-refractivity contribution in [3.63, 3.8) is 0 Å². The molecule has 21 heteroatoms. The highest BCUT2D eigenvalue weighted by atomic mass is 35.5. The summed E-state index contributed by atoms with van der Waals surface area (Å²) in [6.45, 7) is 11.0. The molecule has 4 aromatic rings. The maximum Gasteiger partial charge on any atom is 0.420 e. The Labute approximate surface area is 327 Å². The zero-order valence-electron chi connectivity index (χ0n) is 32.2. The quantitative estimate of drug-likeness (QED) is 0.146. The van der Waals surface area contributed by atoms with Gasteiger partial charge < -0.3 is 54.6 Å². The van der Waals surface area contributed by atoms with Crippen LogP contribution in [0.4, 0.5) is 21.4 Å². The van der Waals surface area contributed by atoms with Crippen LogP contribution in [0, 0.1) is 0 Å². The minimum Gasteiger partial charge on any atom is -0.443 e. The van der Waals surface area contributed by atoms with E-state index in [1.807, 2.05) is 4.90 Å². The van der Waals surface area contributed by atoms with Crippen molar-refractivity contribution >= 4 is 57.9 Å². The van der Waals surface area contributed by atoms with E-state index >= 15 is 0 Å². The lowest BCUT2D eigenvalue weighted by Crippen LogP contribution is -2.52. The van der Waals surface area contributed by atoms with E-state index in [1.54, 1.807) is 70.2 Å². The topological polar surface area (TPSA) is 251 Å². The van der Waals surface area contributed by atoms with E-state index in [4.69, 9.17) is 26.1 Å². The number of fused-ring (bicyclic) bond motifs is 2. The standard InChI is InChI=1S/C35H49ClN12O8/c1-34(2,3)55-32(53)48(33(54)56-35(4,5)6)21-11-20(25(51)26(21)52)47-15-40-22-27(42-30(36)43-29(22)47)41-16-8-9-45(13-16)31-38-12-18-28(44-31)46(14-39-18)19-10-17(37-7)23(49)24(19)50/h12,14-17,19-21,23-26,37,49-52H,8-11,13H2,1-7H3,(H,41,42,43)/t16-,17-,19+,20+,21-,23-,24+,25+,26-/m0/s1. The van der Waals surface area contributed by atoms with E-state index in [0.717, 1.165) is 4.90 Å². The number of halogens is 1. The first-order chi connectivity index (χ1) is 26.3. The Morgan fingerprint density at radius 1 is 0.839 bits per heavy atom. The lowest BCUT2D eigenvalue weighted by Gasteiger charge is -2.33. The molecule has 4 aromatic heterocycles. The number of aliphatic hydroxyl groups excluding tert-OH is 4. The molecule has 6 N–H and O–H groups in total. The Bertz CT molecular complexity index is 2070. The first-order valence-electron chi connectivity index (χ1n) is 18.6. The molecule has 2 saturated carbocycles. The number of aromatic nitrogens is 8. The number of aliphatic hydroxyl groups is 4. The molecule has 0 bridgehead atoms. The summed E-state index contributed by atoms with van der Waals surface area (Å²) in [5, 5.41) is 50.3. The van der Waals surface area contributed by atoms with Gasteiger partial charge in [-0.2, -0.15) is 15.0 Å². The number of ether oxygens (including phenoxy) is 2. The average molecular weight is 801 g/mol. The molecule has 3 fully saturated rings. The third-order valence-corrected chi connectivity index (χ3v) is 10.5. The minimum absolute atomic E-state index is 0.0755. The first kappa shape index (κ1) is 39.8. The Morgan fingerprint density at radius 3 is 2.11 bits per heavy atom. The van der Waals surface area contributed by atoms with Crippen LogP contribution in [0.2, 0.25) is 5.28 Å².